The first-order valence-electron chi connectivity index (χ1n) is 14.0. The van der Waals surface area contributed by atoms with Gasteiger partial charge in [-0.2, -0.15) is 0 Å². The van der Waals surface area contributed by atoms with E-state index in [2.05, 4.69) is 20.6 Å². The molecule has 2 heterocycles. The predicted molar refractivity (Wildman–Crippen MR) is 178 cm³/mol. The lowest BCUT2D eigenvalue weighted by Gasteiger charge is -2.12. The molecule has 4 N–H and O–H groups in total. The fourth-order valence-corrected chi connectivity index (χ4v) is 4.79. The fourth-order valence-electron chi connectivity index (χ4n) is 4.13. The minimum absolute atomic E-state index is 0.202. The Kier molecular flexibility index (Phi) is 12.6. The number of aromatic nitrogens is 2. The van der Waals surface area contributed by atoms with Gasteiger partial charge >= 0.3 is 11.9 Å². The Morgan fingerprint density at radius 2 is 1.81 bits per heavy atom. The second-order valence-electron chi connectivity index (χ2n) is 9.87. The molecule has 5 rings (SSSR count). The van der Waals surface area contributed by atoms with Crippen LogP contribution in [0.2, 0.25) is 5.02 Å². The van der Waals surface area contributed by atoms with Crippen molar-refractivity contribution >= 4 is 56.7 Å². The van der Waals surface area contributed by atoms with E-state index in [0.29, 0.717) is 53.1 Å². The molecule has 2 aromatic heterocycles. The molecule has 0 spiro atoms. The molecule has 5 aromatic rings. The van der Waals surface area contributed by atoms with Crippen LogP contribution >= 0.6 is 11.6 Å². The van der Waals surface area contributed by atoms with Gasteiger partial charge in [-0.25, -0.2) is 23.9 Å². The first-order chi connectivity index (χ1) is 22.6. The summed E-state index contributed by atoms with van der Waals surface area (Å²) in [7, 11) is -0.826. The lowest BCUT2D eigenvalue weighted by atomic mass is 10.1. The Balaban J connectivity index is 0.000000555. The van der Waals surface area contributed by atoms with Gasteiger partial charge in [0.05, 0.1) is 17.1 Å². The number of benzene rings is 3. The van der Waals surface area contributed by atoms with Crippen molar-refractivity contribution in [3.63, 3.8) is 0 Å². The summed E-state index contributed by atoms with van der Waals surface area (Å²) in [6.45, 7) is 1.42. The van der Waals surface area contributed by atoms with E-state index >= 15 is 0 Å². The number of hydrogen-bond donors (Lipinski definition) is 4. The number of ether oxygens (including phenoxy) is 1. The number of fused-ring (bicyclic) bond motifs is 1. The summed E-state index contributed by atoms with van der Waals surface area (Å²) < 4.78 is 36.5. The molecule has 0 bridgehead atoms. The van der Waals surface area contributed by atoms with E-state index in [-0.39, 0.29) is 12.4 Å². The van der Waals surface area contributed by atoms with E-state index in [1.165, 1.54) is 18.5 Å². The Morgan fingerprint density at radius 3 is 2.51 bits per heavy atom. The van der Waals surface area contributed by atoms with Crippen molar-refractivity contribution < 1.29 is 37.6 Å². The first kappa shape index (κ1) is 34.8. The summed E-state index contributed by atoms with van der Waals surface area (Å²) in [5.74, 6) is 0.409. The zero-order valence-corrected chi connectivity index (χ0v) is 26.6. The number of carboxylic acids is 2. The quantitative estimate of drug-likeness (QED) is 0.0829. The number of nitrogens with one attached hydrogen (secondary N) is 2. The molecule has 0 aliphatic heterocycles. The van der Waals surface area contributed by atoms with Crippen molar-refractivity contribution in [1.82, 2.24) is 15.3 Å². The van der Waals surface area contributed by atoms with Crippen molar-refractivity contribution in [2.45, 2.75) is 13.2 Å². The number of rotatable bonds is 13. The molecule has 0 fully saturated rings. The van der Waals surface area contributed by atoms with Crippen LogP contribution in [0.1, 0.15) is 11.3 Å². The Morgan fingerprint density at radius 1 is 1.02 bits per heavy atom. The summed E-state index contributed by atoms with van der Waals surface area (Å²) >= 11 is 6.48. The van der Waals surface area contributed by atoms with Gasteiger partial charge in [-0.15, -0.1) is 0 Å². The summed E-state index contributed by atoms with van der Waals surface area (Å²) in [4.78, 5) is 27.9. The van der Waals surface area contributed by atoms with Gasteiger partial charge in [0.25, 0.3) is 0 Å². The van der Waals surface area contributed by atoms with Crippen molar-refractivity contribution in [2.75, 3.05) is 23.9 Å². The molecule has 47 heavy (non-hydrogen) atoms. The van der Waals surface area contributed by atoms with Gasteiger partial charge < -0.3 is 30.0 Å². The van der Waals surface area contributed by atoms with Crippen molar-refractivity contribution in [3.05, 3.63) is 113 Å². The van der Waals surface area contributed by atoms with Gasteiger partial charge in [0.15, 0.2) is 0 Å². The number of halogens is 2. The number of hydrogen-bond acceptors (Lipinski definition) is 9. The highest BCUT2D eigenvalue weighted by Gasteiger charge is 2.11. The number of carbonyl (C=O) groups is 2. The van der Waals surface area contributed by atoms with Crippen LogP contribution in [-0.4, -0.2) is 54.9 Å². The maximum atomic E-state index is 13.4. The second kappa shape index (κ2) is 17.0. The fraction of sp³-hybridized carbons (Fsp3) is 0.152. The molecule has 14 heteroatoms. The monoisotopic (exact) mass is 680 g/mol. The largest absolute Gasteiger partial charge is 0.487 e. The molecule has 0 saturated carbocycles. The van der Waals surface area contributed by atoms with Crippen LogP contribution in [0.4, 0.5) is 15.9 Å². The molecule has 0 aliphatic rings. The number of nitrogens with zero attached hydrogens (tertiary/aromatic N) is 2. The van der Waals surface area contributed by atoms with Crippen molar-refractivity contribution in [2.24, 2.45) is 0 Å². The molecule has 0 aliphatic carbocycles. The summed E-state index contributed by atoms with van der Waals surface area (Å²) in [5.41, 5.74) is 3.10. The molecule has 1 unspecified atom stereocenters. The van der Waals surface area contributed by atoms with Gasteiger partial charge in [0, 0.05) is 58.1 Å². The van der Waals surface area contributed by atoms with Crippen LogP contribution in [0, 0.1) is 5.82 Å². The van der Waals surface area contributed by atoms with Crippen molar-refractivity contribution in [1.29, 1.82) is 0 Å². The molecule has 0 amide bonds. The van der Waals surface area contributed by atoms with E-state index in [1.54, 1.807) is 30.5 Å². The number of carboxylic acid groups (broad SMARTS) is 2. The zero-order chi connectivity index (χ0) is 33.8. The van der Waals surface area contributed by atoms with Crippen LogP contribution in [0.15, 0.2) is 95.7 Å². The van der Waals surface area contributed by atoms with E-state index in [0.717, 1.165) is 33.7 Å². The molecule has 0 radical (unpaired) electrons. The van der Waals surface area contributed by atoms with Crippen LogP contribution < -0.4 is 15.4 Å². The summed E-state index contributed by atoms with van der Waals surface area (Å²) in [6.07, 6.45) is 4.31. The van der Waals surface area contributed by atoms with Crippen LogP contribution in [0.25, 0.3) is 22.2 Å². The lowest BCUT2D eigenvalue weighted by Crippen LogP contribution is -2.19. The topological polar surface area (TPSA) is 164 Å². The third-order valence-corrected chi connectivity index (χ3v) is 7.37. The summed E-state index contributed by atoms with van der Waals surface area (Å²) in [5, 5.41) is 23.4. The minimum Gasteiger partial charge on any atom is -0.487 e. The van der Waals surface area contributed by atoms with Crippen molar-refractivity contribution in [3.8, 4) is 17.1 Å². The first-order valence-corrected chi connectivity index (χ1v) is 16.1. The highest BCUT2D eigenvalue weighted by atomic mass is 35.5. The van der Waals surface area contributed by atoms with Gasteiger partial charge in [0.2, 0.25) is 0 Å². The molecular weight excluding hydrogens is 651 g/mol. The Bertz CT molecular complexity index is 1900. The highest BCUT2D eigenvalue weighted by molar-refractivity contribution is 7.84. The second-order valence-corrected chi connectivity index (χ2v) is 11.8. The highest BCUT2D eigenvalue weighted by Crippen LogP contribution is 2.32. The van der Waals surface area contributed by atoms with Gasteiger partial charge in [-0.1, -0.05) is 23.7 Å². The molecule has 11 nitrogen and oxygen atoms in total. The molecule has 1 atom stereocenters. The molecule has 244 valence electrons. The zero-order valence-electron chi connectivity index (χ0n) is 25.0. The third kappa shape index (κ3) is 11.0. The Hall–Kier alpha value is -5.11. The van der Waals surface area contributed by atoms with Crippen LogP contribution in [-0.2, 0) is 33.5 Å². The van der Waals surface area contributed by atoms with Gasteiger partial charge in [0.1, 0.15) is 41.8 Å². The number of anilines is 2. The standard InChI is InChI=1S/C29H26ClFN4O3S.C4H4O4/c1-39(36)12-11-32-16-23-7-10-27(38-23)20-5-8-26-24(14-20)29(34-18-33-26)35-22-6-9-28(25(30)15-22)37-17-19-3-2-4-21(31)13-19;5-3(6)1-2-4(7)8/h2-10,13-15,18,32H,11-12,16-17H2,1H3,(H,33,34,35);1-2H,(H,5,6)(H,7,8)/b;2-1+. The van der Waals surface area contributed by atoms with Crippen LogP contribution in [0.5, 0.6) is 5.75 Å². The SMILES string of the molecule is CS(=O)CCNCc1ccc(-c2ccc3ncnc(Nc4ccc(OCc5cccc(F)c5)c(Cl)c4)c3c2)o1.O=C(O)/C=C/C(=O)O. The smallest absolute Gasteiger partial charge is 0.328 e. The molecule has 0 saturated heterocycles. The van der Waals surface area contributed by atoms with E-state index in [1.807, 2.05) is 36.4 Å². The van der Waals surface area contributed by atoms with Gasteiger partial charge in [-0.3, -0.25) is 4.21 Å². The maximum Gasteiger partial charge on any atom is 0.328 e. The molecular formula is C33H30ClFN4O7S. The average molecular weight is 681 g/mol. The van der Waals surface area contributed by atoms with Gasteiger partial charge in [-0.05, 0) is 66.2 Å². The summed E-state index contributed by atoms with van der Waals surface area (Å²) in [6, 6.07) is 21.3. The minimum atomic E-state index is -1.26. The third-order valence-electron chi connectivity index (χ3n) is 6.29. The number of furan rings is 1. The predicted octanol–water partition coefficient (Wildman–Crippen LogP) is 6.18. The Labute approximate surface area is 276 Å². The average Bonchev–Trinajstić information content (AvgIpc) is 3.51. The normalized spacial score (nSPS) is 11.6. The lowest BCUT2D eigenvalue weighted by molar-refractivity contribution is -0.134. The van der Waals surface area contributed by atoms with E-state index < -0.39 is 22.7 Å². The van der Waals surface area contributed by atoms with E-state index in [4.69, 9.17) is 31.0 Å². The van der Waals surface area contributed by atoms with E-state index in [9.17, 15) is 18.2 Å². The number of aliphatic carboxylic acids is 2. The maximum absolute atomic E-state index is 13.4. The molecule has 3 aromatic carbocycles. The van der Waals surface area contributed by atoms with Crippen LogP contribution in [0.3, 0.4) is 0 Å².